The van der Waals surface area contributed by atoms with Crippen molar-refractivity contribution in [1.29, 1.82) is 0 Å². The Hall–Kier alpha value is -3.00. The standard InChI is InChI=1S/C23H22ClN3O4/c24-22-26-11-14(12-27-22)21(29)20(28)9-10-25-23(30)31-13-19-17-7-3-1-5-15(17)16-6-2-4-8-18(16)19/h1-8,11-12,19-21,28-29H,9-10,13H2,(H,25,30). The summed E-state index contributed by atoms with van der Waals surface area (Å²) in [6, 6.07) is 16.2. The zero-order valence-corrected chi connectivity index (χ0v) is 17.4. The summed E-state index contributed by atoms with van der Waals surface area (Å²) in [5.74, 6) is -0.0181. The molecule has 31 heavy (non-hydrogen) atoms. The molecule has 0 spiro atoms. The molecule has 2 atom stereocenters. The van der Waals surface area contributed by atoms with Gasteiger partial charge in [0, 0.05) is 30.4 Å². The monoisotopic (exact) mass is 439 g/mol. The molecule has 2 aromatic carbocycles. The first-order chi connectivity index (χ1) is 15.0. The number of rotatable bonds is 7. The van der Waals surface area contributed by atoms with Gasteiger partial charge in [-0.05, 0) is 40.3 Å². The number of carbonyl (C=O) groups is 1. The first kappa shape index (κ1) is 21.2. The number of aliphatic hydroxyl groups excluding tert-OH is 2. The van der Waals surface area contributed by atoms with Crippen molar-refractivity contribution in [3.8, 4) is 11.1 Å². The van der Waals surface area contributed by atoms with E-state index in [2.05, 4.69) is 39.6 Å². The predicted octanol–water partition coefficient (Wildman–Crippen LogP) is 3.45. The van der Waals surface area contributed by atoms with E-state index in [4.69, 9.17) is 16.3 Å². The molecule has 1 aliphatic carbocycles. The van der Waals surface area contributed by atoms with E-state index in [0.717, 1.165) is 22.3 Å². The van der Waals surface area contributed by atoms with Gasteiger partial charge in [-0.15, -0.1) is 0 Å². The number of amides is 1. The maximum absolute atomic E-state index is 12.2. The minimum Gasteiger partial charge on any atom is -0.449 e. The van der Waals surface area contributed by atoms with Crippen LogP contribution in [0.5, 0.6) is 0 Å². The Balaban J connectivity index is 1.28. The Morgan fingerprint density at radius 3 is 2.23 bits per heavy atom. The summed E-state index contributed by atoms with van der Waals surface area (Å²) in [5.41, 5.74) is 4.95. The highest BCUT2D eigenvalue weighted by Crippen LogP contribution is 2.44. The van der Waals surface area contributed by atoms with E-state index in [1.54, 1.807) is 0 Å². The van der Waals surface area contributed by atoms with Crippen molar-refractivity contribution in [3.05, 3.63) is 82.9 Å². The van der Waals surface area contributed by atoms with E-state index < -0.39 is 18.3 Å². The first-order valence-electron chi connectivity index (χ1n) is 9.97. The van der Waals surface area contributed by atoms with Gasteiger partial charge in [-0.25, -0.2) is 14.8 Å². The van der Waals surface area contributed by atoms with E-state index in [0.29, 0.717) is 5.56 Å². The lowest BCUT2D eigenvalue weighted by atomic mass is 9.98. The van der Waals surface area contributed by atoms with Gasteiger partial charge in [0.25, 0.3) is 0 Å². The summed E-state index contributed by atoms with van der Waals surface area (Å²) in [6.07, 6.45) is -0.0168. The van der Waals surface area contributed by atoms with Crippen LogP contribution < -0.4 is 5.32 Å². The summed E-state index contributed by atoms with van der Waals surface area (Å²) < 4.78 is 5.45. The number of ether oxygens (including phenoxy) is 1. The average molecular weight is 440 g/mol. The highest BCUT2D eigenvalue weighted by Gasteiger charge is 2.29. The lowest BCUT2D eigenvalue weighted by molar-refractivity contribution is 0.0132. The van der Waals surface area contributed by atoms with Crippen molar-refractivity contribution in [3.63, 3.8) is 0 Å². The number of benzene rings is 2. The Kier molecular flexibility index (Phi) is 6.46. The second kappa shape index (κ2) is 9.43. The van der Waals surface area contributed by atoms with Crippen LogP contribution in [0.25, 0.3) is 11.1 Å². The van der Waals surface area contributed by atoms with E-state index in [1.165, 1.54) is 12.4 Å². The van der Waals surface area contributed by atoms with Crippen molar-refractivity contribution >= 4 is 17.7 Å². The first-order valence-corrected chi connectivity index (χ1v) is 10.3. The molecule has 1 aliphatic rings. The second-order valence-corrected chi connectivity index (χ2v) is 7.68. The molecule has 0 saturated heterocycles. The molecule has 0 aliphatic heterocycles. The molecule has 0 saturated carbocycles. The number of alkyl carbamates (subject to hydrolysis) is 1. The largest absolute Gasteiger partial charge is 0.449 e. The molecule has 1 amide bonds. The summed E-state index contributed by atoms with van der Waals surface area (Å²) in [7, 11) is 0. The van der Waals surface area contributed by atoms with Gasteiger partial charge in [0.15, 0.2) is 0 Å². The van der Waals surface area contributed by atoms with Crippen molar-refractivity contribution in [2.24, 2.45) is 0 Å². The molecule has 0 radical (unpaired) electrons. The maximum Gasteiger partial charge on any atom is 0.407 e. The van der Waals surface area contributed by atoms with E-state index >= 15 is 0 Å². The van der Waals surface area contributed by atoms with Gasteiger partial charge in [0.05, 0.1) is 6.10 Å². The van der Waals surface area contributed by atoms with Crippen LogP contribution in [-0.2, 0) is 4.74 Å². The highest BCUT2D eigenvalue weighted by atomic mass is 35.5. The Morgan fingerprint density at radius 2 is 1.61 bits per heavy atom. The van der Waals surface area contributed by atoms with Gasteiger partial charge in [0.2, 0.25) is 5.28 Å². The van der Waals surface area contributed by atoms with Gasteiger partial charge < -0.3 is 20.3 Å². The number of halogens is 1. The van der Waals surface area contributed by atoms with Gasteiger partial charge in [0.1, 0.15) is 12.7 Å². The third kappa shape index (κ3) is 4.69. The van der Waals surface area contributed by atoms with Gasteiger partial charge in [-0.3, -0.25) is 0 Å². The fourth-order valence-electron chi connectivity index (χ4n) is 3.83. The van der Waals surface area contributed by atoms with Crippen molar-refractivity contribution in [1.82, 2.24) is 15.3 Å². The second-order valence-electron chi connectivity index (χ2n) is 7.34. The minimum absolute atomic E-state index is 0.0181. The number of aliphatic hydroxyl groups is 2. The third-order valence-corrected chi connectivity index (χ3v) is 5.59. The van der Waals surface area contributed by atoms with E-state index in [9.17, 15) is 15.0 Å². The lowest BCUT2D eigenvalue weighted by Crippen LogP contribution is -2.30. The topological polar surface area (TPSA) is 105 Å². The maximum atomic E-state index is 12.2. The Labute approximate surface area is 184 Å². The van der Waals surface area contributed by atoms with Gasteiger partial charge in [-0.2, -0.15) is 0 Å². The molecule has 3 aromatic rings. The van der Waals surface area contributed by atoms with Crippen LogP contribution in [0.15, 0.2) is 60.9 Å². The molecule has 160 valence electrons. The fraction of sp³-hybridized carbons (Fsp3) is 0.261. The van der Waals surface area contributed by atoms with Crippen LogP contribution in [0.3, 0.4) is 0 Å². The highest BCUT2D eigenvalue weighted by molar-refractivity contribution is 6.28. The number of fused-ring (bicyclic) bond motifs is 3. The van der Waals surface area contributed by atoms with Gasteiger partial charge in [-0.1, -0.05) is 48.5 Å². The molecule has 8 heteroatoms. The van der Waals surface area contributed by atoms with Crippen molar-refractivity contribution in [2.75, 3.05) is 13.2 Å². The molecule has 4 rings (SSSR count). The van der Waals surface area contributed by atoms with E-state index in [-0.39, 0.29) is 30.8 Å². The minimum atomic E-state index is -1.18. The van der Waals surface area contributed by atoms with Crippen LogP contribution in [0.4, 0.5) is 4.79 Å². The zero-order chi connectivity index (χ0) is 21.8. The molecule has 0 bridgehead atoms. The molecular weight excluding hydrogens is 418 g/mol. The van der Waals surface area contributed by atoms with Crippen molar-refractivity contribution < 1.29 is 19.7 Å². The van der Waals surface area contributed by atoms with Crippen LogP contribution in [0, 0.1) is 0 Å². The SMILES string of the molecule is O=C(NCCC(O)C(O)c1cnc(Cl)nc1)OCC1c2ccccc2-c2ccccc21. The number of carbonyl (C=O) groups excluding carboxylic acids is 1. The number of nitrogens with one attached hydrogen (secondary N) is 1. The number of nitrogens with zero attached hydrogens (tertiary/aromatic N) is 2. The lowest BCUT2D eigenvalue weighted by Gasteiger charge is -2.18. The molecule has 0 fully saturated rings. The fourth-order valence-corrected chi connectivity index (χ4v) is 3.92. The molecule has 2 unspecified atom stereocenters. The average Bonchev–Trinajstić information content (AvgIpc) is 3.11. The van der Waals surface area contributed by atoms with Gasteiger partial charge >= 0.3 is 6.09 Å². The molecule has 1 aromatic heterocycles. The van der Waals surface area contributed by atoms with Crippen LogP contribution >= 0.6 is 11.6 Å². The normalized spacial score (nSPS) is 14.4. The zero-order valence-electron chi connectivity index (χ0n) is 16.6. The smallest absolute Gasteiger partial charge is 0.407 e. The summed E-state index contributed by atoms with van der Waals surface area (Å²) >= 11 is 5.62. The Bertz CT molecular complexity index is 1020. The van der Waals surface area contributed by atoms with Crippen LogP contribution in [0.2, 0.25) is 5.28 Å². The Morgan fingerprint density at radius 1 is 1.03 bits per heavy atom. The summed E-state index contributed by atoms with van der Waals surface area (Å²) in [6.45, 7) is 0.358. The van der Waals surface area contributed by atoms with E-state index in [1.807, 2.05) is 24.3 Å². The molecule has 1 heterocycles. The number of aromatic nitrogens is 2. The quantitative estimate of drug-likeness (QED) is 0.487. The number of hydrogen-bond donors (Lipinski definition) is 3. The van der Waals surface area contributed by atoms with Crippen LogP contribution in [0.1, 0.15) is 35.1 Å². The molecular formula is C23H22ClN3O4. The predicted molar refractivity (Wildman–Crippen MR) is 116 cm³/mol. The molecule has 3 N–H and O–H groups in total. The third-order valence-electron chi connectivity index (χ3n) is 5.40. The molecule has 7 nitrogen and oxygen atoms in total. The number of hydrogen-bond acceptors (Lipinski definition) is 6. The van der Waals surface area contributed by atoms with Crippen LogP contribution in [-0.4, -0.2) is 45.5 Å². The summed E-state index contributed by atoms with van der Waals surface area (Å²) in [4.78, 5) is 19.7. The van der Waals surface area contributed by atoms with Crippen molar-refractivity contribution in [2.45, 2.75) is 24.5 Å². The summed E-state index contributed by atoms with van der Waals surface area (Å²) in [5, 5.41) is 23.0.